The summed E-state index contributed by atoms with van der Waals surface area (Å²) in [4.78, 5) is -1.25. The van der Waals surface area contributed by atoms with E-state index in [1.54, 1.807) is 0 Å². The zero-order valence-electron chi connectivity index (χ0n) is 3.30. The van der Waals surface area contributed by atoms with Gasteiger partial charge in [-0.1, -0.05) is 0 Å². The molecule has 0 unspecified atom stereocenters. The SMILES string of the molecule is C[N+](C)([O-])O. The number of hydrogen-bond donors (Lipinski definition) is 1. The third kappa shape index (κ3) is 952. The molecule has 0 aromatic rings. The van der Waals surface area contributed by atoms with Gasteiger partial charge in [-0.2, -0.15) is 0 Å². The van der Waals surface area contributed by atoms with Crippen LogP contribution in [-0.2, 0) is 0 Å². The standard InChI is InChI=1S/C2H7NO2/c1-3(2,4)5/h4H,1-2H3. The van der Waals surface area contributed by atoms with Crippen LogP contribution in [0, 0.1) is 5.21 Å². The molecular formula is C2H7NO2. The Hall–Kier alpha value is -0.120. The van der Waals surface area contributed by atoms with Gasteiger partial charge in [-0.3, -0.25) is 0 Å². The molecule has 0 aromatic carbocycles. The van der Waals surface area contributed by atoms with Crippen molar-refractivity contribution in [3.05, 3.63) is 5.21 Å². The molecule has 0 fully saturated rings. The van der Waals surface area contributed by atoms with Crippen molar-refractivity contribution in [1.29, 1.82) is 0 Å². The lowest BCUT2D eigenvalue weighted by atomic mass is 11.2. The Balaban J connectivity index is 3.02. The van der Waals surface area contributed by atoms with E-state index in [0.29, 0.717) is 0 Å². The van der Waals surface area contributed by atoms with Crippen molar-refractivity contribution < 1.29 is 10.0 Å². The zero-order chi connectivity index (χ0) is 4.50. The molecule has 0 spiro atoms. The third-order valence-electron chi connectivity index (χ3n) is 0. The van der Waals surface area contributed by atoms with Gasteiger partial charge in [0.25, 0.3) is 0 Å². The van der Waals surface area contributed by atoms with Gasteiger partial charge in [-0.15, -0.1) is 0 Å². The van der Waals surface area contributed by atoms with Crippen molar-refractivity contribution in [2.24, 2.45) is 0 Å². The fourth-order valence-corrected chi connectivity index (χ4v) is 0. The van der Waals surface area contributed by atoms with Crippen LogP contribution in [0.1, 0.15) is 0 Å². The number of hydroxylamine groups is 4. The predicted molar refractivity (Wildman–Crippen MR) is 17.3 cm³/mol. The van der Waals surface area contributed by atoms with Crippen molar-refractivity contribution in [1.82, 2.24) is 0 Å². The molecule has 0 aromatic heterocycles. The molecule has 0 rings (SSSR count). The summed E-state index contributed by atoms with van der Waals surface area (Å²) >= 11 is 0. The van der Waals surface area contributed by atoms with Gasteiger partial charge in [0.05, 0.1) is 14.1 Å². The summed E-state index contributed by atoms with van der Waals surface area (Å²) in [6.45, 7) is 0. The van der Waals surface area contributed by atoms with Crippen LogP contribution in [0.2, 0.25) is 0 Å². The fourth-order valence-electron chi connectivity index (χ4n) is 0. The van der Waals surface area contributed by atoms with Gasteiger partial charge in [-0.05, 0) is 0 Å². The highest BCUT2D eigenvalue weighted by atomic mass is 16.8. The second-order valence-electron chi connectivity index (χ2n) is 1.29. The maximum absolute atomic E-state index is 9.60. The molecule has 5 heavy (non-hydrogen) atoms. The minimum Gasteiger partial charge on any atom is -0.599 e. The predicted octanol–water partition coefficient (Wildman–Crippen LogP) is -0.0502. The van der Waals surface area contributed by atoms with E-state index >= 15 is 0 Å². The molecule has 0 saturated carbocycles. The average Bonchev–Trinajstić information content (AvgIpc) is 0.722. The topological polar surface area (TPSA) is 43.3 Å². The van der Waals surface area contributed by atoms with Crippen molar-refractivity contribution >= 4 is 0 Å². The average molecular weight is 77.1 g/mol. The van der Waals surface area contributed by atoms with Crippen molar-refractivity contribution in [3.8, 4) is 0 Å². The number of quaternary nitrogens is 1. The third-order valence-corrected chi connectivity index (χ3v) is 0. The fraction of sp³-hybridized carbons (Fsp3) is 1.00. The Kier molecular flexibility index (Phi) is 0.908. The van der Waals surface area contributed by atoms with Crippen LogP contribution in [0.15, 0.2) is 0 Å². The Morgan fingerprint density at radius 1 is 1.60 bits per heavy atom. The van der Waals surface area contributed by atoms with Crippen LogP contribution in [0.25, 0.3) is 0 Å². The molecule has 0 bridgehead atoms. The molecule has 0 aliphatic heterocycles. The van der Waals surface area contributed by atoms with E-state index in [1.165, 1.54) is 0 Å². The lowest BCUT2D eigenvalue weighted by Crippen LogP contribution is -2.26. The van der Waals surface area contributed by atoms with Crippen molar-refractivity contribution in [2.45, 2.75) is 0 Å². The van der Waals surface area contributed by atoms with E-state index in [4.69, 9.17) is 5.21 Å². The number of rotatable bonds is 0. The Bertz CT molecular complexity index is 23.1. The van der Waals surface area contributed by atoms with Crippen LogP contribution in [0.3, 0.4) is 0 Å². The highest BCUT2D eigenvalue weighted by Crippen LogP contribution is 1.75. The number of nitrogens with zero attached hydrogens (tertiary/aromatic N) is 1. The lowest BCUT2D eigenvalue weighted by molar-refractivity contribution is -1.03. The van der Waals surface area contributed by atoms with Gasteiger partial charge in [-0.25, -0.2) is 10.0 Å². The summed E-state index contributed by atoms with van der Waals surface area (Å²) in [7, 11) is 2.25. The van der Waals surface area contributed by atoms with Crippen molar-refractivity contribution in [3.63, 3.8) is 0 Å². The van der Waals surface area contributed by atoms with Gasteiger partial charge in [0.15, 0.2) is 0 Å². The molecule has 32 valence electrons. The first-order valence-corrected chi connectivity index (χ1v) is 1.28. The van der Waals surface area contributed by atoms with E-state index in [0.717, 1.165) is 14.1 Å². The first-order chi connectivity index (χ1) is 2.00. The van der Waals surface area contributed by atoms with E-state index in [-0.39, 0.29) is 0 Å². The zero-order valence-corrected chi connectivity index (χ0v) is 3.30. The summed E-state index contributed by atoms with van der Waals surface area (Å²) in [5.41, 5.74) is 0. The summed E-state index contributed by atoms with van der Waals surface area (Å²) in [6, 6.07) is 0. The molecule has 0 aliphatic carbocycles. The Morgan fingerprint density at radius 3 is 1.60 bits per heavy atom. The second kappa shape index (κ2) is 0.931. The summed E-state index contributed by atoms with van der Waals surface area (Å²) in [5.74, 6) is 0. The van der Waals surface area contributed by atoms with Crippen LogP contribution in [0.5, 0.6) is 0 Å². The Labute approximate surface area is 30.6 Å². The van der Waals surface area contributed by atoms with Gasteiger partial charge in [0.1, 0.15) is 0 Å². The van der Waals surface area contributed by atoms with Crippen LogP contribution < -0.4 is 0 Å². The van der Waals surface area contributed by atoms with Crippen LogP contribution >= 0.6 is 0 Å². The molecule has 0 saturated heterocycles. The minimum absolute atomic E-state index is 1.12. The minimum atomic E-state index is -1.25. The highest BCUT2D eigenvalue weighted by molar-refractivity contribution is 3.95. The van der Waals surface area contributed by atoms with Gasteiger partial charge < -0.3 is 5.21 Å². The van der Waals surface area contributed by atoms with Gasteiger partial charge in [0.2, 0.25) is 0 Å². The first kappa shape index (κ1) is 4.88. The summed E-state index contributed by atoms with van der Waals surface area (Å²) in [6.07, 6.45) is 0. The van der Waals surface area contributed by atoms with Crippen molar-refractivity contribution in [2.75, 3.05) is 14.1 Å². The largest absolute Gasteiger partial charge is 0.599 e. The molecule has 3 nitrogen and oxygen atoms in total. The molecule has 0 heterocycles. The van der Waals surface area contributed by atoms with Gasteiger partial charge >= 0.3 is 0 Å². The molecule has 0 amide bonds. The normalized spacial score (nSPS) is 12.0. The molecule has 1 N–H and O–H groups in total. The molecule has 0 aliphatic rings. The van der Waals surface area contributed by atoms with Crippen LogP contribution in [-0.4, -0.2) is 24.1 Å². The smallest absolute Gasteiger partial charge is 0.0977 e. The quantitative estimate of drug-likeness (QED) is 0.325. The molecule has 0 atom stereocenters. The van der Waals surface area contributed by atoms with E-state index in [1.807, 2.05) is 0 Å². The first-order valence-electron chi connectivity index (χ1n) is 1.28. The number of hydrogen-bond acceptors (Lipinski definition) is 2. The highest BCUT2D eigenvalue weighted by Gasteiger charge is 1.83. The maximum Gasteiger partial charge on any atom is 0.0977 e. The monoisotopic (exact) mass is 77.0 g/mol. The summed E-state index contributed by atoms with van der Waals surface area (Å²) < 4.78 is 0. The summed E-state index contributed by atoms with van der Waals surface area (Å²) in [5, 5.41) is 17.5. The van der Waals surface area contributed by atoms with E-state index in [9.17, 15) is 5.21 Å². The van der Waals surface area contributed by atoms with E-state index < -0.39 is 4.81 Å². The Morgan fingerprint density at radius 2 is 1.60 bits per heavy atom. The van der Waals surface area contributed by atoms with Gasteiger partial charge in [0, 0.05) is 0 Å². The van der Waals surface area contributed by atoms with Crippen LogP contribution in [0.4, 0.5) is 0 Å². The molecule has 0 radical (unpaired) electrons. The maximum atomic E-state index is 9.60. The molecular weight excluding hydrogens is 70.0 g/mol. The van der Waals surface area contributed by atoms with E-state index in [2.05, 4.69) is 0 Å². The second-order valence-corrected chi connectivity index (χ2v) is 1.29. The lowest BCUT2D eigenvalue weighted by Gasteiger charge is -2.21. The molecule has 3 heteroatoms.